The van der Waals surface area contributed by atoms with Gasteiger partial charge in [-0.25, -0.2) is 0 Å². The normalized spacial score (nSPS) is 10.4. The molecule has 2 amide bonds. The van der Waals surface area contributed by atoms with Gasteiger partial charge < -0.3 is 10.6 Å². The summed E-state index contributed by atoms with van der Waals surface area (Å²) in [5.74, 6) is 1.10. The standard InChI is InChI=1S/C20H24N2O2S/c1-4-19(23)21-17-10-7-15(3)18(11-17)22-20(24)13-25-12-16-8-5-14(2)6-9-16/h5-11H,4,12-13H2,1-3H3,(H,21,23)(H,22,24). The Morgan fingerprint density at radius 1 is 0.960 bits per heavy atom. The van der Waals surface area contributed by atoms with Crippen molar-refractivity contribution in [1.82, 2.24) is 0 Å². The van der Waals surface area contributed by atoms with Crippen LogP contribution in [0.4, 0.5) is 11.4 Å². The van der Waals surface area contributed by atoms with E-state index in [4.69, 9.17) is 0 Å². The van der Waals surface area contributed by atoms with Crippen LogP contribution in [-0.4, -0.2) is 17.6 Å². The largest absolute Gasteiger partial charge is 0.326 e. The second-order valence-electron chi connectivity index (χ2n) is 5.96. The number of amides is 2. The zero-order chi connectivity index (χ0) is 18.2. The summed E-state index contributed by atoms with van der Waals surface area (Å²) in [6.45, 7) is 5.79. The van der Waals surface area contributed by atoms with Crippen molar-refractivity contribution in [3.05, 3.63) is 59.2 Å². The molecule has 0 bridgehead atoms. The van der Waals surface area contributed by atoms with Crippen LogP contribution in [0.5, 0.6) is 0 Å². The van der Waals surface area contributed by atoms with Crippen molar-refractivity contribution in [3.63, 3.8) is 0 Å². The maximum Gasteiger partial charge on any atom is 0.234 e. The number of aryl methyl sites for hydroxylation is 2. The van der Waals surface area contributed by atoms with E-state index in [1.807, 2.05) is 19.1 Å². The SMILES string of the molecule is CCC(=O)Nc1ccc(C)c(NC(=O)CSCc2ccc(C)cc2)c1. The van der Waals surface area contributed by atoms with E-state index in [1.165, 1.54) is 11.1 Å². The van der Waals surface area contributed by atoms with Crippen LogP contribution in [0, 0.1) is 13.8 Å². The maximum atomic E-state index is 12.2. The molecule has 2 aromatic carbocycles. The molecule has 0 saturated heterocycles. The van der Waals surface area contributed by atoms with Gasteiger partial charge in [-0.15, -0.1) is 11.8 Å². The van der Waals surface area contributed by atoms with Crippen molar-refractivity contribution in [3.8, 4) is 0 Å². The first kappa shape index (κ1) is 19.1. The molecule has 0 aliphatic rings. The molecule has 0 fully saturated rings. The first-order chi connectivity index (χ1) is 12.0. The Labute approximate surface area is 153 Å². The van der Waals surface area contributed by atoms with E-state index in [0.717, 1.165) is 17.0 Å². The van der Waals surface area contributed by atoms with Crippen LogP contribution in [0.1, 0.15) is 30.0 Å². The van der Waals surface area contributed by atoms with Crippen molar-refractivity contribution in [2.45, 2.75) is 32.9 Å². The average Bonchev–Trinajstić information content (AvgIpc) is 2.59. The van der Waals surface area contributed by atoms with Gasteiger partial charge in [-0.1, -0.05) is 42.8 Å². The Morgan fingerprint density at radius 2 is 1.68 bits per heavy atom. The Hall–Kier alpha value is -2.27. The molecule has 4 nitrogen and oxygen atoms in total. The predicted octanol–water partition coefficient (Wildman–Crippen LogP) is 4.52. The highest BCUT2D eigenvalue weighted by Gasteiger charge is 2.07. The smallest absolute Gasteiger partial charge is 0.234 e. The molecule has 0 aromatic heterocycles. The molecule has 0 saturated carbocycles. The second kappa shape index (κ2) is 9.28. The Bertz CT molecular complexity index is 742. The molecule has 2 rings (SSSR count). The molecule has 0 aliphatic carbocycles. The van der Waals surface area contributed by atoms with Gasteiger partial charge in [0.25, 0.3) is 0 Å². The minimum absolute atomic E-state index is 0.0424. The Balaban J connectivity index is 1.87. The van der Waals surface area contributed by atoms with Crippen molar-refractivity contribution in [2.75, 3.05) is 16.4 Å². The van der Waals surface area contributed by atoms with Gasteiger partial charge >= 0.3 is 0 Å². The topological polar surface area (TPSA) is 58.2 Å². The number of hydrogen-bond donors (Lipinski definition) is 2. The molecule has 2 aromatic rings. The number of carbonyl (C=O) groups is 2. The van der Waals surface area contributed by atoms with Crippen LogP contribution in [-0.2, 0) is 15.3 Å². The van der Waals surface area contributed by atoms with Crippen LogP contribution in [0.15, 0.2) is 42.5 Å². The summed E-state index contributed by atoms with van der Waals surface area (Å²) in [4.78, 5) is 23.7. The van der Waals surface area contributed by atoms with Gasteiger partial charge in [0.2, 0.25) is 11.8 Å². The van der Waals surface area contributed by atoms with Crippen molar-refractivity contribution >= 4 is 35.0 Å². The van der Waals surface area contributed by atoms with E-state index in [9.17, 15) is 9.59 Å². The van der Waals surface area contributed by atoms with Gasteiger partial charge in [0.1, 0.15) is 0 Å². The molecule has 5 heteroatoms. The summed E-state index contributed by atoms with van der Waals surface area (Å²) in [7, 11) is 0. The number of anilines is 2. The summed E-state index contributed by atoms with van der Waals surface area (Å²) in [5, 5.41) is 5.73. The zero-order valence-corrected chi connectivity index (χ0v) is 15.7. The third-order valence-corrected chi connectivity index (χ3v) is 4.74. The van der Waals surface area contributed by atoms with Gasteiger partial charge in [-0.3, -0.25) is 9.59 Å². The molecule has 0 spiro atoms. The number of nitrogens with one attached hydrogen (secondary N) is 2. The van der Waals surface area contributed by atoms with Gasteiger partial charge in [0.15, 0.2) is 0 Å². The number of carbonyl (C=O) groups excluding carboxylic acids is 2. The lowest BCUT2D eigenvalue weighted by molar-refractivity contribution is -0.116. The van der Waals surface area contributed by atoms with Crippen molar-refractivity contribution in [2.24, 2.45) is 0 Å². The van der Waals surface area contributed by atoms with Gasteiger partial charge in [-0.2, -0.15) is 0 Å². The zero-order valence-electron chi connectivity index (χ0n) is 14.9. The highest BCUT2D eigenvalue weighted by molar-refractivity contribution is 7.99. The summed E-state index contributed by atoms with van der Waals surface area (Å²) in [6, 6.07) is 13.9. The van der Waals surface area contributed by atoms with Gasteiger partial charge in [-0.05, 0) is 37.1 Å². The predicted molar refractivity (Wildman–Crippen MR) is 106 cm³/mol. The summed E-state index contributed by atoms with van der Waals surface area (Å²) < 4.78 is 0. The fraction of sp³-hybridized carbons (Fsp3) is 0.300. The second-order valence-corrected chi connectivity index (χ2v) is 6.94. The van der Waals surface area contributed by atoms with Crippen LogP contribution in [0.25, 0.3) is 0 Å². The Morgan fingerprint density at radius 3 is 2.36 bits per heavy atom. The fourth-order valence-electron chi connectivity index (χ4n) is 2.22. The molecule has 0 aliphatic heterocycles. The number of hydrogen-bond acceptors (Lipinski definition) is 3. The maximum absolute atomic E-state index is 12.2. The van der Waals surface area contributed by atoms with E-state index >= 15 is 0 Å². The van der Waals surface area contributed by atoms with Gasteiger partial charge in [0, 0.05) is 23.5 Å². The fourth-order valence-corrected chi connectivity index (χ4v) is 3.00. The number of rotatable bonds is 7. The number of thioether (sulfide) groups is 1. The molecule has 0 atom stereocenters. The molecule has 0 radical (unpaired) electrons. The minimum atomic E-state index is -0.0465. The van der Waals surface area contributed by atoms with E-state index in [1.54, 1.807) is 24.8 Å². The quantitative estimate of drug-likeness (QED) is 0.766. The summed E-state index contributed by atoms with van der Waals surface area (Å²) in [5.41, 5.74) is 4.84. The third-order valence-electron chi connectivity index (χ3n) is 3.74. The number of benzene rings is 2. The lowest BCUT2D eigenvalue weighted by atomic mass is 10.1. The molecule has 0 unspecified atom stereocenters. The molecule has 0 heterocycles. The van der Waals surface area contributed by atoms with E-state index in [-0.39, 0.29) is 11.8 Å². The molecule has 2 N–H and O–H groups in total. The minimum Gasteiger partial charge on any atom is -0.326 e. The third kappa shape index (κ3) is 6.27. The van der Waals surface area contributed by atoms with Crippen LogP contribution in [0.2, 0.25) is 0 Å². The average molecular weight is 356 g/mol. The lowest BCUT2D eigenvalue weighted by Gasteiger charge is -2.11. The van der Waals surface area contributed by atoms with E-state index in [2.05, 4.69) is 41.8 Å². The lowest BCUT2D eigenvalue weighted by Crippen LogP contribution is -2.16. The van der Waals surface area contributed by atoms with E-state index < -0.39 is 0 Å². The highest BCUT2D eigenvalue weighted by Crippen LogP contribution is 2.21. The van der Waals surface area contributed by atoms with Crippen LogP contribution < -0.4 is 10.6 Å². The summed E-state index contributed by atoms with van der Waals surface area (Å²) in [6.07, 6.45) is 0.422. The molecular formula is C20H24N2O2S. The van der Waals surface area contributed by atoms with E-state index in [0.29, 0.717) is 17.9 Å². The summed E-state index contributed by atoms with van der Waals surface area (Å²) >= 11 is 1.58. The van der Waals surface area contributed by atoms with Crippen molar-refractivity contribution in [1.29, 1.82) is 0 Å². The van der Waals surface area contributed by atoms with Crippen LogP contribution >= 0.6 is 11.8 Å². The van der Waals surface area contributed by atoms with Crippen LogP contribution in [0.3, 0.4) is 0 Å². The molecular weight excluding hydrogens is 332 g/mol. The van der Waals surface area contributed by atoms with Gasteiger partial charge in [0.05, 0.1) is 5.75 Å². The first-order valence-corrected chi connectivity index (χ1v) is 9.47. The molecule has 132 valence electrons. The monoisotopic (exact) mass is 356 g/mol. The molecule has 25 heavy (non-hydrogen) atoms. The first-order valence-electron chi connectivity index (χ1n) is 8.31. The Kier molecular flexibility index (Phi) is 7.07. The highest BCUT2D eigenvalue weighted by atomic mass is 32.2. The van der Waals surface area contributed by atoms with Crippen molar-refractivity contribution < 1.29 is 9.59 Å².